The molecule has 4 rings (SSSR count). The summed E-state index contributed by atoms with van der Waals surface area (Å²) < 4.78 is 5.21. The lowest BCUT2D eigenvalue weighted by molar-refractivity contribution is -0.134. The van der Waals surface area contributed by atoms with Crippen molar-refractivity contribution in [1.82, 2.24) is 15.2 Å². The molecule has 0 bridgehead atoms. The number of urea groups is 1. The van der Waals surface area contributed by atoms with Gasteiger partial charge in [0.15, 0.2) is 0 Å². The molecule has 29 heavy (non-hydrogen) atoms. The van der Waals surface area contributed by atoms with Crippen molar-refractivity contribution in [3.05, 3.63) is 54.3 Å². The minimum atomic E-state index is -0.707. The lowest BCUT2D eigenvalue weighted by Crippen LogP contribution is -2.50. The minimum absolute atomic E-state index is 0.340. The van der Waals surface area contributed by atoms with Gasteiger partial charge in [-0.25, -0.2) is 4.79 Å². The second-order valence-electron chi connectivity index (χ2n) is 6.79. The molecule has 2 aromatic rings. The smallest absolute Gasteiger partial charge is 0.351 e. The van der Waals surface area contributed by atoms with Gasteiger partial charge in [0.1, 0.15) is 12.3 Å². The number of carbonyl (C=O) groups excluding carboxylic acids is 3. The maximum atomic E-state index is 12.5. The highest BCUT2D eigenvalue weighted by Crippen LogP contribution is 2.23. The third kappa shape index (κ3) is 3.69. The van der Waals surface area contributed by atoms with Crippen molar-refractivity contribution in [3.8, 4) is 5.75 Å². The number of imide groups is 1. The largest absolute Gasteiger partial charge is 0.497 e. The molecule has 0 saturated heterocycles. The van der Waals surface area contributed by atoms with Crippen LogP contribution in [0.3, 0.4) is 0 Å². The van der Waals surface area contributed by atoms with Gasteiger partial charge in [-0.3, -0.25) is 14.5 Å². The summed E-state index contributed by atoms with van der Waals surface area (Å²) in [7, 11) is 1.62. The Labute approximate surface area is 166 Å². The SMILES string of the molecule is COc1ccc2c(CCNC(=O)CN3C(=O)N=C4C=CC=CC4C3=O)c[nH]c2c1. The minimum Gasteiger partial charge on any atom is -0.497 e. The fraction of sp³-hybridized carbons (Fsp3) is 0.238. The Kier molecular flexibility index (Phi) is 4.99. The Morgan fingerprint density at radius 1 is 1.31 bits per heavy atom. The number of ether oxygens (including phenoxy) is 1. The van der Waals surface area contributed by atoms with Crippen LogP contribution in [0.1, 0.15) is 5.56 Å². The molecule has 0 radical (unpaired) electrons. The average molecular weight is 392 g/mol. The number of benzene rings is 1. The van der Waals surface area contributed by atoms with Crippen LogP contribution in [0.4, 0.5) is 4.79 Å². The summed E-state index contributed by atoms with van der Waals surface area (Å²) in [6, 6.07) is 5.06. The molecule has 148 valence electrons. The maximum absolute atomic E-state index is 12.5. The van der Waals surface area contributed by atoms with Crippen LogP contribution in [0.2, 0.25) is 0 Å². The highest BCUT2D eigenvalue weighted by atomic mass is 16.5. The van der Waals surface area contributed by atoms with Crippen LogP contribution in [0.5, 0.6) is 5.75 Å². The first-order valence-electron chi connectivity index (χ1n) is 9.26. The van der Waals surface area contributed by atoms with Crippen LogP contribution in [-0.2, 0) is 16.0 Å². The van der Waals surface area contributed by atoms with Crippen molar-refractivity contribution in [2.45, 2.75) is 6.42 Å². The number of aliphatic imine (C=N–C) groups is 1. The first-order valence-corrected chi connectivity index (χ1v) is 9.26. The molecule has 1 aromatic carbocycles. The first kappa shape index (κ1) is 18.7. The second-order valence-corrected chi connectivity index (χ2v) is 6.79. The Bertz CT molecular complexity index is 1080. The van der Waals surface area contributed by atoms with E-state index in [0.29, 0.717) is 18.7 Å². The zero-order chi connectivity index (χ0) is 20.4. The van der Waals surface area contributed by atoms with Gasteiger partial charge >= 0.3 is 6.03 Å². The van der Waals surface area contributed by atoms with Crippen LogP contribution < -0.4 is 10.1 Å². The van der Waals surface area contributed by atoms with Crippen molar-refractivity contribution in [2.24, 2.45) is 10.9 Å². The molecule has 1 atom stereocenters. The summed E-state index contributed by atoms with van der Waals surface area (Å²) in [5, 5.41) is 3.82. The van der Waals surface area contributed by atoms with Crippen molar-refractivity contribution >= 4 is 34.5 Å². The van der Waals surface area contributed by atoms with E-state index >= 15 is 0 Å². The van der Waals surface area contributed by atoms with Crippen LogP contribution in [0.15, 0.2) is 53.7 Å². The van der Waals surface area contributed by atoms with Gasteiger partial charge in [-0.15, -0.1) is 0 Å². The number of carbonyl (C=O) groups is 3. The second kappa shape index (κ2) is 7.75. The summed E-state index contributed by atoms with van der Waals surface area (Å²) in [5.41, 5.74) is 2.43. The molecular weight excluding hydrogens is 372 g/mol. The van der Waals surface area contributed by atoms with Gasteiger partial charge in [-0.1, -0.05) is 18.2 Å². The Morgan fingerprint density at radius 2 is 2.17 bits per heavy atom. The number of nitrogens with zero attached hydrogens (tertiary/aromatic N) is 2. The number of aromatic nitrogens is 1. The summed E-state index contributed by atoms with van der Waals surface area (Å²) in [5.74, 6) is -0.665. The molecular formula is C21H20N4O4. The van der Waals surface area contributed by atoms with E-state index in [1.165, 1.54) is 0 Å². The van der Waals surface area contributed by atoms with E-state index in [9.17, 15) is 14.4 Å². The lowest BCUT2D eigenvalue weighted by Gasteiger charge is -2.27. The van der Waals surface area contributed by atoms with Gasteiger partial charge in [0.2, 0.25) is 11.8 Å². The molecule has 8 heteroatoms. The quantitative estimate of drug-likeness (QED) is 0.784. The molecule has 4 amide bonds. The standard InChI is InChI=1S/C21H20N4O4/c1-29-14-6-7-15-13(11-23-18(15)10-14)8-9-22-19(26)12-25-20(27)16-4-2-3-5-17(16)24-21(25)28/h2-7,10-11,16,23H,8-9,12H2,1H3,(H,22,26). The predicted molar refractivity (Wildman–Crippen MR) is 108 cm³/mol. The molecule has 1 aliphatic carbocycles. The average Bonchev–Trinajstić information content (AvgIpc) is 3.13. The van der Waals surface area contributed by atoms with Gasteiger partial charge in [0, 0.05) is 29.7 Å². The van der Waals surface area contributed by atoms with Crippen LogP contribution in [0, 0.1) is 5.92 Å². The molecule has 0 spiro atoms. The van der Waals surface area contributed by atoms with Gasteiger partial charge in [-0.05, 0) is 30.2 Å². The molecule has 0 fully saturated rings. The zero-order valence-corrected chi connectivity index (χ0v) is 15.8. The van der Waals surface area contributed by atoms with E-state index < -0.39 is 23.8 Å². The molecule has 2 aliphatic rings. The van der Waals surface area contributed by atoms with Gasteiger partial charge in [0.25, 0.3) is 0 Å². The Balaban J connectivity index is 1.34. The van der Waals surface area contributed by atoms with E-state index in [1.807, 2.05) is 24.4 Å². The van der Waals surface area contributed by atoms with Gasteiger partial charge in [0.05, 0.1) is 18.7 Å². The highest BCUT2D eigenvalue weighted by Gasteiger charge is 2.36. The highest BCUT2D eigenvalue weighted by molar-refractivity contribution is 6.22. The number of rotatable bonds is 6. The van der Waals surface area contributed by atoms with E-state index in [2.05, 4.69) is 15.3 Å². The number of H-pyrrole nitrogens is 1. The van der Waals surface area contributed by atoms with Crippen molar-refractivity contribution in [1.29, 1.82) is 0 Å². The van der Waals surface area contributed by atoms with Crippen molar-refractivity contribution in [3.63, 3.8) is 0 Å². The third-order valence-corrected chi connectivity index (χ3v) is 4.98. The predicted octanol–water partition coefficient (Wildman–Crippen LogP) is 1.98. The summed E-state index contributed by atoms with van der Waals surface area (Å²) in [6.07, 6.45) is 9.26. The molecule has 1 unspecified atom stereocenters. The fourth-order valence-electron chi connectivity index (χ4n) is 3.46. The molecule has 8 nitrogen and oxygen atoms in total. The normalized spacial score (nSPS) is 18.0. The monoisotopic (exact) mass is 392 g/mol. The number of fused-ring (bicyclic) bond motifs is 2. The summed E-state index contributed by atoms with van der Waals surface area (Å²) in [6.45, 7) is 0.0439. The molecule has 0 saturated carbocycles. The van der Waals surface area contributed by atoms with Crippen LogP contribution in [0.25, 0.3) is 10.9 Å². The van der Waals surface area contributed by atoms with Gasteiger partial charge < -0.3 is 15.0 Å². The molecule has 2 heterocycles. The van der Waals surface area contributed by atoms with Gasteiger partial charge in [-0.2, -0.15) is 4.99 Å². The van der Waals surface area contributed by atoms with Crippen molar-refractivity contribution < 1.29 is 19.1 Å². The maximum Gasteiger partial charge on any atom is 0.351 e. The lowest BCUT2D eigenvalue weighted by atomic mass is 9.95. The molecule has 2 N–H and O–H groups in total. The van der Waals surface area contributed by atoms with Crippen LogP contribution >= 0.6 is 0 Å². The van der Waals surface area contributed by atoms with E-state index in [-0.39, 0.29) is 6.54 Å². The fourth-order valence-corrected chi connectivity index (χ4v) is 3.46. The number of methoxy groups -OCH3 is 1. The number of hydrogen-bond donors (Lipinski definition) is 2. The first-order chi connectivity index (χ1) is 14.1. The summed E-state index contributed by atoms with van der Waals surface area (Å²) >= 11 is 0. The number of aromatic amines is 1. The number of hydrogen-bond acceptors (Lipinski definition) is 4. The van der Waals surface area contributed by atoms with E-state index in [4.69, 9.17) is 4.74 Å². The Morgan fingerprint density at radius 3 is 3.00 bits per heavy atom. The zero-order valence-electron chi connectivity index (χ0n) is 15.8. The number of nitrogens with one attached hydrogen (secondary N) is 2. The topological polar surface area (TPSA) is 104 Å². The van der Waals surface area contributed by atoms with E-state index in [0.717, 1.165) is 27.1 Å². The van der Waals surface area contributed by atoms with Crippen LogP contribution in [-0.4, -0.2) is 53.6 Å². The molecule has 1 aliphatic heterocycles. The third-order valence-electron chi connectivity index (χ3n) is 4.98. The van der Waals surface area contributed by atoms with Crippen molar-refractivity contribution in [2.75, 3.05) is 20.2 Å². The number of amides is 4. The van der Waals surface area contributed by atoms with E-state index in [1.54, 1.807) is 31.4 Å². The number of allylic oxidation sites excluding steroid dienone is 3. The Hall–Kier alpha value is -3.68. The summed E-state index contributed by atoms with van der Waals surface area (Å²) in [4.78, 5) is 44.9. The molecule has 1 aromatic heterocycles.